The topological polar surface area (TPSA) is 114 Å². The smallest absolute Gasteiger partial charge is 0.265 e. The van der Waals surface area contributed by atoms with Crippen LogP contribution in [0.2, 0.25) is 5.02 Å². The van der Waals surface area contributed by atoms with Gasteiger partial charge in [0, 0.05) is 28.1 Å². The minimum absolute atomic E-state index is 0.0438. The summed E-state index contributed by atoms with van der Waals surface area (Å²) in [5.41, 5.74) is 0.785. The summed E-state index contributed by atoms with van der Waals surface area (Å²) in [7, 11) is -0.222. The normalized spacial score (nSPS) is 12.5. The van der Waals surface area contributed by atoms with Crippen molar-refractivity contribution in [3.63, 3.8) is 0 Å². The maximum absolute atomic E-state index is 14.3. The number of hydrogen-bond acceptors (Lipinski definition) is 7. The molecule has 0 bridgehead atoms. The number of carbonyl (C=O) groups excluding carboxylic acids is 2. The minimum atomic E-state index is -4.43. The Morgan fingerprint density at radius 2 is 1.59 bits per heavy atom. The van der Waals surface area contributed by atoms with E-state index in [2.05, 4.69) is 21.2 Å². The van der Waals surface area contributed by atoms with Gasteiger partial charge in [0.05, 0.1) is 31.9 Å². The molecule has 0 spiro atoms. The Balaban J connectivity index is 2.15. The number of hydrogen-bond donors (Lipinski definition) is 1. The molecule has 2 atom stereocenters. The summed E-state index contributed by atoms with van der Waals surface area (Å²) in [6, 6.07) is 14.9. The lowest BCUT2D eigenvalue weighted by Gasteiger charge is -2.33. The number of carbonyl (C=O) groups is 2. The van der Waals surface area contributed by atoms with E-state index in [1.54, 1.807) is 13.0 Å². The molecular formula is C31H37BrClN3O7S. The van der Waals surface area contributed by atoms with E-state index >= 15 is 0 Å². The van der Waals surface area contributed by atoms with Crippen LogP contribution in [0.3, 0.4) is 0 Å². The van der Waals surface area contributed by atoms with Crippen LogP contribution in [-0.2, 0) is 26.2 Å². The van der Waals surface area contributed by atoms with Gasteiger partial charge < -0.3 is 24.4 Å². The summed E-state index contributed by atoms with van der Waals surface area (Å²) >= 11 is 9.76. The van der Waals surface area contributed by atoms with Gasteiger partial charge in [0.15, 0.2) is 11.5 Å². The molecule has 0 aliphatic heterocycles. The highest BCUT2D eigenvalue weighted by atomic mass is 79.9. The monoisotopic (exact) mass is 709 g/mol. The van der Waals surface area contributed by atoms with Gasteiger partial charge in [0.2, 0.25) is 11.8 Å². The SMILES string of the molecule is CC[C@H](C)NC(=O)[C@@H](C)N(Cc1cccc(Br)c1)C(=O)CN(c1cc(Cl)ccc1OC)S(=O)(=O)c1ccc(OC)c(OC)c1. The maximum Gasteiger partial charge on any atom is 0.265 e. The fourth-order valence-corrected chi connectivity index (χ4v) is 6.40. The summed E-state index contributed by atoms with van der Waals surface area (Å²) in [6.07, 6.45) is 0.698. The molecule has 1 N–H and O–H groups in total. The molecule has 0 aliphatic carbocycles. The number of halogens is 2. The molecule has 0 saturated heterocycles. The highest BCUT2D eigenvalue weighted by molar-refractivity contribution is 9.10. The molecular weight excluding hydrogens is 674 g/mol. The van der Waals surface area contributed by atoms with Gasteiger partial charge in [-0.15, -0.1) is 0 Å². The highest BCUT2D eigenvalue weighted by Gasteiger charge is 2.34. The van der Waals surface area contributed by atoms with Crippen LogP contribution in [-0.4, -0.2) is 65.1 Å². The van der Waals surface area contributed by atoms with E-state index in [1.807, 2.05) is 38.1 Å². The third kappa shape index (κ3) is 8.36. The van der Waals surface area contributed by atoms with Crippen molar-refractivity contribution < 1.29 is 32.2 Å². The number of rotatable bonds is 14. The molecule has 3 aromatic carbocycles. The molecule has 10 nitrogen and oxygen atoms in total. The van der Waals surface area contributed by atoms with E-state index in [9.17, 15) is 18.0 Å². The summed E-state index contributed by atoms with van der Waals surface area (Å²) < 4.78 is 46.4. The molecule has 0 unspecified atom stereocenters. The maximum atomic E-state index is 14.3. The standard InChI is InChI=1S/C31H37BrClN3O7S/c1-7-20(2)34-31(38)21(3)35(18-22-9-8-10-23(32)15-22)30(37)19-36(26-16-24(33)11-13-27(26)41-4)44(39,40)25-12-14-28(42-5)29(17-25)43-6/h8-17,20-21H,7,18-19H2,1-6H3,(H,34,38)/t20-,21+/m0/s1. The fraction of sp³-hybridized carbons (Fsp3) is 0.355. The molecule has 0 aliphatic rings. The average Bonchev–Trinajstić information content (AvgIpc) is 3.01. The second-order valence-electron chi connectivity index (χ2n) is 9.99. The van der Waals surface area contributed by atoms with Crippen molar-refractivity contribution in [3.05, 3.63) is 75.7 Å². The van der Waals surface area contributed by atoms with Gasteiger partial charge in [0.25, 0.3) is 10.0 Å². The van der Waals surface area contributed by atoms with Crippen molar-refractivity contribution in [1.82, 2.24) is 10.2 Å². The second-order valence-corrected chi connectivity index (χ2v) is 13.2. The molecule has 238 valence electrons. The van der Waals surface area contributed by atoms with Crippen molar-refractivity contribution in [1.29, 1.82) is 0 Å². The van der Waals surface area contributed by atoms with E-state index in [0.29, 0.717) is 12.2 Å². The van der Waals surface area contributed by atoms with Gasteiger partial charge >= 0.3 is 0 Å². The van der Waals surface area contributed by atoms with Gasteiger partial charge in [-0.3, -0.25) is 13.9 Å². The first kappa shape index (κ1) is 35.0. The van der Waals surface area contributed by atoms with Crippen LogP contribution in [0, 0.1) is 0 Å². The van der Waals surface area contributed by atoms with E-state index in [-0.39, 0.29) is 45.6 Å². The minimum Gasteiger partial charge on any atom is -0.495 e. The highest BCUT2D eigenvalue weighted by Crippen LogP contribution is 2.37. The number of anilines is 1. The largest absolute Gasteiger partial charge is 0.495 e. The number of nitrogens with zero attached hydrogens (tertiary/aromatic N) is 2. The lowest BCUT2D eigenvalue weighted by molar-refractivity contribution is -0.139. The molecule has 0 radical (unpaired) electrons. The van der Waals surface area contributed by atoms with Gasteiger partial charge in [-0.1, -0.05) is 46.6 Å². The first-order valence-electron chi connectivity index (χ1n) is 13.8. The number of ether oxygens (including phenoxy) is 3. The third-order valence-corrected chi connectivity index (χ3v) is 9.53. The van der Waals surface area contributed by atoms with Crippen LogP contribution < -0.4 is 23.8 Å². The molecule has 13 heteroatoms. The summed E-state index contributed by atoms with van der Waals surface area (Å²) in [5.74, 6) is -0.298. The van der Waals surface area contributed by atoms with Crippen molar-refractivity contribution >= 4 is 55.1 Å². The van der Waals surface area contributed by atoms with Crippen LogP contribution in [0.4, 0.5) is 5.69 Å². The van der Waals surface area contributed by atoms with Crippen molar-refractivity contribution in [3.8, 4) is 17.2 Å². The first-order valence-corrected chi connectivity index (χ1v) is 16.4. The molecule has 0 aromatic heterocycles. The average molecular weight is 711 g/mol. The number of amides is 2. The molecule has 0 heterocycles. The number of benzene rings is 3. The molecule has 44 heavy (non-hydrogen) atoms. The van der Waals surface area contributed by atoms with Crippen LogP contribution >= 0.6 is 27.5 Å². The molecule has 2 amide bonds. The van der Waals surface area contributed by atoms with Crippen LogP contribution in [0.15, 0.2) is 70.0 Å². The summed E-state index contributed by atoms with van der Waals surface area (Å²) in [4.78, 5) is 28.7. The summed E-state index contributed by atoms with van der Waals surface area (Å²) in [5, 5.41) is 3.14. The zero-order valence-electron chi connectivity index (χ0n) is 25.5. The zero-order chi connectivity index (χ0) is 32.6. The Morgan fingerprint density at radius 1 is 0.932 bits per heavy atom. The Kier molecular flexibility index (Phi) is 12.3. The van der Waals surface area contributed by atoms with E-state index in [1.165, 1.54) is 56.6 Å². The third-order valence-electron chi connectivity index (χ3n) is 7.04. The van der Waals surface area contributed by atoms with Crippen LogP contribution in [0.25, 0.3) is 0 Å². The Bertz CT molecular complexity index is 1590. The lowest BCUT2D eigenvalue weighted by Crippen LogP contribution is -2.52. The van der Waals surface area contributed by atoms with E-state index in [4.69, 9.17) is 25.8 Å². The number of nitrogens with one attached hydrogen (secondary N) is 1. The van der Waals surface area contributed by atoms with Crippen LogP contribution in [0.1, 0.15) is 32.8 Å². The van der Waals surface area contributed by atoms with Gasteiger partial charge in [-0.05, 0) is 68.3 Å². The van der Waals surface area contributed by atoms with Crippen molar-refractivity contribution in [2.45, 2.75) is 50.7 Å². The van der Waals surface area contributed by atoms with Gasteiger partial charge in [-0.25, -0.2) is 8.42 Å². The molecule has 0 saturated carbocycles. The molecule has 3 aromatic rings. The fourth-order valence-electron chi connectivity index (χ4n) is 4.36. The predicted molar refractivity (Wildman–Crippen MR) is 174 cm³/mol. The Morgan fingerprint density at radius 3 is 2.20 bits per heavy atom. The quantitative estimate of drug-likeness (QED) is 0.230. The molecule has 0 fully saturated rings. The van der Waals surface area contributed by atoms with Crippen molar-refractivity contribution in [2.75, 3.05) is 32.2 Å². The van der Waals surface area contributed by atoms with Gasteiger partial charge in [0.1, 0.15) is 18.3 Å². The van der Waals surface area contributed by atoms with Crippen molar-refractivity contribution in [2.24, 2.45) is 0 Å². The zero-order valence-corrected chi connectivity index (χ0v) is 28.6. The second kappa shape index (κ2) is 15.5. The number of sulfonamides is 1. The van der Waals surface area contributed by atoms with Gasteiger partial charge in [-0.2, -0.15) is 0 Å². The Hall–Kier alpha value is -3.48. The Labute approximate surface area is 272 Å². The van der Waals surface area contributed by atoms with E-state index in [0.717, 1.165) is 14.3 Å². The summed E-state index contributed by atoms with van der Waals surface area (Å²) in [6.45, 7) is 4.80. The van der Waals surface area contributed by atoms with Crippen LogP contribution in [0.5, 0.6) is 17.2 Å². The lowest BCUT2D eigenvalue weighted by atomic mass is 10.1. The molecule has 3 rings (SSSR count). The van der Waals surface area contributed by atoms with E-state index < -0.39 is 28.5 Å². The predicted octanol–water partition coefficient (Wildman–Crippen LogP) is 5.66. The first-order chi connectivity index (χ1) is 20.9. The number of methoxy groups -OCH3 is 3.